The van der Waals surface area contributed by atoms with Crippen molar-refractivity contribution in [3.05, 3.63) is 64.7 Å². The lowest BCUT2D eigenvalue weighted by molar-refractivity contribution is -0.144. The lowest BCUT2D eigenvalue weighted by Crippen LogP contribution is -2.67. The van der Waals surface area contributed by atoms with Crippen LogP contribution in [0.3, 0.4) is 0 Å². The van der Waals surface area contributed by atoms with Gasteiger partial charge in [-0.3, -0.25) is 4.79 Å². The molecule has 0 radical (unpaired) electrons. The summed E-state index contributed by atoms with van der Waals surface area (Å²) >= 11 is 6.11. The molecule has 4 rings (SSSR count). The van der Waals surface area contributed by atoms with Crippen LogP contribution in [0, 0.1) is 16.7 Å². The Morgan fingerprint density at radius 2 is 1.75 bits per heavy atom. The zero-order chi connectivity index (χ0) is 23.1. The Balaban J connectivity index is 1.65. The predicted octanol–water partition coefficient (Wildman–Crippen LogP) is 5.32. The number of likely N-dealkylation sites (tertiary alicyclic amines) is 1. The number of β-lactam (4-membered cyclic amide) rings is 1. The molecule has 2 fully saturated rings. The van der Waals surface area contributed by atoms with E-state index in [1.165, 1.54) is 0 Å². The number of piperidine rings is 1. The third kappa shape index (κ3) is 3.82. The van der Waals surface area contributed by atoms with E-state index in [0.29, 0.717) is 42.2 Å². The van der Waals surface area contributed by atoms with Crippen molar-refractivity contribution in [3.63, 3.8) is 0 Å². The van der Waals surface area contributed by atoms with E-state index in [1.54, 1.807) is 21.9 Å². The number of hydrogen-bond donors (Lipinski definition) is 0. The lowest BCUT2D eigenvalue weighted by atomic mass is 9.62. The monoisotopic (exact) mass is 451 g/mol. The molecule has 7 heteroatoms. The van der Waals surface area contributed by atoms with Crippen molar-refractivity contribution in [3.8, 4) is 6.07 Å². The summed E-state index contributed by atoms with van der Waals surface area (Å²) in [7, 11) is 0. The van der Waals surface area contributed by atoms with Crippen molar-refractivity contribution in [1.29, 1.82) is 5.26 Å². The first kappa shape index (κ1) is 22.2. The van der Waals surface area contributed by atoms with Crippen LogP contribution in [0.25, 0.3) is 0 Å². The smallest absolute Gasteiger partial charge is 0.410 e. The molecule has 0 bridgehead atoms. The molecule has 1 atom stereocenters. The van der Waals surface area contributed by atoms with Crippen LogP contribution in [-0.4, -0.2) is 35.6 Å². The highest BCUT2D eigenvalue weighted by Gasteiger charge is 2.62. The summed E-state index contributed by atoms with van der Waals surface area (Å²) in [6.07, 6.45) is 0.710. The van der Waals surface area contributed by atoms with Gasteiger partial charge in [-0.25, -0.2) is 4.79 Å². The molecule has 0 N–H and O–H groups in total. The standard InChI is InChI=1S/C25H26ClN3O3/c1-24(2,3)32-23(31)28-14-12-25(13-15-28)21(17-8-10-19(26)11-9-17)29(22(25)30)20-7-5-4-6-18(20)16-27/h4-11,21H,12-15H2,1-3H3. The van der Waals surface area contributed by atoms with E-state index >= 15 is 0 Å². The third-order valence-corrected chi connectivity index (χ3v) is 6.46. The molecule has 2 aliphatic heterocycles. The number of anilines is 1. The van der Waals surface area contributed by atoms with Crippen molar-refractivity contribution in [1.82, 2.24) is 4.90 Å². The van der Waals surface area contributed by atoms with Gasteiger partial charge in [0.25, 0.3) is 0 Å². The summed E-state index contributed by atoms with van der Waals surface area (Å²) < 4.78 is 5.51. The highest BCUT2D eigenvalue weighted by Crippen LogP contribution is 2.58. The first-order chi connectivity index (χ1) is 15.2. The molecule has 1 unspecified atom stereocenters. The van der Waals surface area contributed by atoms with Gasteiger partial charge in [-0.05, 0) is 63.4 Å². The number of nitriles is 1. The van der Waals surface area contributed by atoms with Crippen LogP contribution in [0.1, 0.15) is 50.8 Å². The number of nitrogens with zero attached hydrogens (tertiary/aromatic N) is 3. The van der Waals surface area contributed by atoms with E-state index in [2.05, 4.69) is 6.07 Å². The topological polar surface area (TPSA) is 73.6 Å². The normalized spacial score (nSPS) is 20.0. The van der Waals surface area contributed by atoms with Gasteiger partial charge in [-0.15, -0.1) is 0 Å². The number of benzene rings is 2. The molecular weight excluding hydrogens is 426 g/mol. The number of para-hydroxylation sites is 1. The van der Waals surface area contributed by atoms with Crippen LogP contribution in [0.4, 0.5) is 10.5 Å². The molecule has 32 heavy (non-hydrogen) atoms. The van der Waals surface area contributed by atoms with Crippen molar-refractivity contribution >= 4 is 29.3 Å². The second-order valence-electron chi connectivity index (χ2n) is 9.38. The molecule has 166 valence electrons. The van der Waals surface area contributed by atoms with E-state index in [1.807, 2.05) is 57.2 Å². The number of carbonyl (C=O) groups is 2. The number of rotatable bonds is 2. The second kappa shape index (κ2) is 8.14. The van der Waals surface area contributed by atoms with Crippen LogP contribution in [0.5, 0.6) is 0 Å². The Hall–Kier alpha value is -3.04. The fraction of sp³-hybridized carbons (Fsp3) is 0.400. The third-order valence-electron chi connectivity index (χ3n) is 6.20. The first-order valence-electron chi connectivity index (χ1n) is 10.7. The molecule has 0 aromatic heterocycles. The maximum atomic E-state index is 13.6. The van der Waals surface area contributed by atoms with E-state index in [-0.39, 0.29) is 18.0 Å². The Morgan fingerprint density at radius 3 is 2.34 bits per heavy atom. The van der Waals surface area contributed by atoms with Crippen LogP contribution in [0.15, 0.2) is 48.5 Å². The number of amides is 2. The minimum atomic E-state index is -0.630. The predicted molar refractivity (Wildman–Crippen MR) is 122 cm³/mol. The van der Waals surface area contributed by atoms with Gasteiger partial charge in [0.2, 0.25) is 5.91 Å². The van der Waals surface area contributed by atoms with Gasteiger partial charge in [-0.1, -0.05) is 35.9 Å². The van der Waals surface area contributed by atoms with Gasteiger partial charge in [-0.2, -0.15) is 5.26 Å². The van der Waals surface area contributed by atoms with Gasteiger partial charge in [0.15, 0.2) is 0 Å². The zero-order valence-corrected chi connectivity index (χ0v) is 19.2. The molecule has 2 aromatic carbocycles. The first-order valence-corrected chi connectivity index (χ1v) is 11.1. The summed E-state index contributed by atoms with van der Waals surface area (Å²) in [5.74, 6) is -0.0102. The maximum absolute atomic E-state index is 13.6. The van der Waals surface area contributed by atoms with Crippen LogP contribution >= 0.6 is 11.6 Å². The molecule has 2 amide bonds. The van der Waals surface area contributed by atoms with Gasteiger partial charge in [0, 0.05) is 18.1 Å². The van der Waals surface area contributed by atoms with E-state index in [4.69, 9.17) is 16.3 Å². The number of carbonyl (C=O) groups excluding carboxylic acids is 2. The lowest BCUT2D eigenvalue weighted by Gasteiger charge is -2.59. The molecule has 1 spiro atoms. The number of hydrogen-bond acceptors (Lipinski definition) is 4. The van der Waals surface area contributed by atoms with Crippen LogP contribution < -0.4 is 4.90 Å². The quantitative estimate of drug-likeness (QED) is 0.579. The Bertz CT molecular complexity index is 1080. The summed E-state index contributed by atoms with van der Waals surface area (Å²) in [4.78, 5) is 29.5. The van der Waals surface area contributed by atoms with Gasteiger partial charge in [0.1, 0.15) is 11.7 Å². The largest absolute Gasteiger partial charge is 0.444 e. The SMILES string of the molecule is CC(C)(C)OC(=O)N1CCC2(CC1)C(=O)N(c1ccccc1C#N)C2c1ccc(Cl)cc1. The Morgan fingerprint density at radius 1 is 1.12 bits per heavy atom. The zero-order valence-electron chi connectivity index (χ0n) is 18.5. The highest BCUT2D eigenvalue weighted by atomic mass is 35.5. The molecule has 2 aliphatic rings. The van der Waals surface area contributed by atoms with Crippen molar-refractivity contribution in [2.75, 3.05) is 18.0 Å². The van der Waals surface area contributed by atoms with Gasteiger partial charge >= 0.3 is 6.09 Å². The fourth-order valence-corrected chi connectivity index (χ4v) is 4.82. The van der Waals surface area contributed by atoms with Crippen molar-refractivity contribution < 1.29 is 14.3 Å². The Kier molecular flexibility index (Phi) is 5.64. The van der Waals surface area contributed by atoms with Crippen LogP contribution in [0.2, 0.25) is 5.02 Å². The van der Waals surface area contributed by atoms with Gasteiger partial charge < -0.3 is 14.5 Å². The van der Waals surface area contributed by atoms with E-state index in [9.17, 15) is 14.9 Å². The van der Waals surface area contributed by atoms with Crippen molar-refractivity contribution in [2.45, 2.75) is 45.3 Å². The molecule has 0 aliphatic carbocycles. The summed E-state index contributed by atoms with van der Waals surface area (Å²) in [6, 6.07) is 16.6. The van der Waals surface area contributed by atoms with Gasteiger partial charge in [0.05, 0.1) is 22.7 Å². The molecule has 0 saturated carbocycles. The average molecular weight is 452 g/mol. The van der Waals surface area contributed by atoms with Crippen LogP contribution in [-0.2, 0) is 9.53 Å². The maximum Gasteiger partial charge on any atom is 0.410 e. The fourth-order valence-electron chi connectivity index (χ4n) is 4.70. The number of ether oxygens (including phenoxy) is 1. The van der Waals surface area contributed by atoms with E-state index in [0.717, 1.165) is 5.56 Å². The number of halogens is 1. The minimum absolute atomic E-state index is 0.0102. The Labute approximate surface area is 193 Å². The molecule has 2 heterocycles. The van der Waals surface area contributed by atoms with E-state index < -0.39 is 11.0 Å². The minimum Gasteiger partial charge on any atom is -0.444 e. The molecule has 2 aromatic rings. The second-order valence-corrected chi connectivity index (χ2v) is 9.82. The summed E-state index contributed by atoms with van der Waals surface area (Å²) in [5, 5.41) is 10.2. The molecule has 6 nitrogen and oxygen atoms in total. The summed E-state index contributed by atoms with van der Waals surface area (Å²) in [5.41, 5.74) is 0.838. The highest BCUT2D eigenvalue weighted by molar-refractivity contribution is 6.30. The molecular formula is C25H26ClN3O3. The molecule has 2 saturated heterocycles. The average Bonchev–Trinajstić information content (AvgIpc) is 2.77. The summed E-state index contributed by atoms with van der Waals surface area (Å²) in [6.45, 7) is 6.41. The van der Waals surface area contributed by atoms with Crippen molar-refractivity contribution in [2.24, 2.45) is 5.41 Å².